The fraction of sp³-hybridized carbons (Fsp3) is 0.346. The Kier molecular flexibility index (Phi) is 20.9. The number of aromatic nitrogens is 2. The number of pyridine rings is 2. The van der Waals surface area contributed by atoms with Crippen LogP contribution in [0.2, 0.25) is 5.15 Å². The molecule has 0 atom stereocenters. The molecule has 2 saturated heterocycles. The van der Waals surface area contributed by atoms with Crippen molar-refractivity contribution < 1.29 is 62.1 Å². The lowest BCUT2D eigenvalue weighted by atomic mass is 10.2. The summed E-state index contributed by atoms with van der Waals surface area (Å²) in [5.74, 6) is 1.31. The van der Waals surface area contributed by atoms with Crippen molar-refractivity contribution in [3.05, 3.63) is 126 Å². The molecule has 7 N–H and O–H groups in total. The van der Waals surface area contributed by atoms with Gasteiger partial charge in [0, 0.05) is 80.2 Å². The average molecular weight is 1170 g/mol. The number of methoxy groups -OCH3 is 2. The lowest BCUT2D eigenvalue weighted by Crippen LogP contribution is -2.36. The first-order valence-corrected chi connectivity index (χ1v) is 27.7. The maximum Gasteiger partial charge on any atom is 0.419 e. The predicted octanol–water partition coefficient (Wildman–Crippen LogP) is 10.4. The molecule has 2 aliphatic rings. The van der Waals surface area contributed by atoms with E-state index >= 15 is 0 Å². The van der Waals surface area contributed by atoms with Gasteiger partial charge in [-0.05, 0) is 82.3 Å². The van der Waals surface area contributed by atoms with Crippen LogP contribution < -0.4 is 50.4 Å². The highest BCUT2D eigenvalue weighted by molar-refractivity contribution is 7.90. The van der Waals surface area contributed by atoms with Gasteiger partial charge >= 0.3 is 12.4 Å². The molecule has 6 aromatic rings. The van der Waals surface area contributed by atoms with Crippen LogP contribution in [-0.4, -0.2) is 106 Å². The summed E-state index contributed by atoms with van der Waals surface area (Å²) in [6.45, 7) is 12.7. The highest BCUT2D eigenvalue weighted by Gasteiger charge is 2.36. The van der Waals surface area contributed by atoms with E-state index in [2.05, 4.69) is 45.2 Å². The molecule has 2 aromatic heterocycles. The SMILES string of the molecule is CC(C)NS(=O)(=O)c1ccccc1Nc1cc(Cl)ncc1C(F)(F)F.COc1cc(N2CCOCC2)ccc1N.COc1cc(N2CCOCC2)ccc1Nc1cc(Nc2ccccc2S(=O)(=O)NC(C)C)c(C(F)(F)F)cn1. The van der Waals surface area contributed by atoms with Crippen LogP contribution >= 0.6 is 11.6 Å². The van der Waals surface area contributed by atoms with Crippen LogP contribution in [0.5, 0.6) is 11.5 Å². The van der Waals surface area contributed by atoms with Crippen molar-refractivity contribution in [2.75, 3.05) is 98.3 Å². The molecule has 4 heterocycles. The van der Waals surface area contributed by atoms with E-state index in [0.29, 0.717) is 42.7 Å². The average Bonchev–Trinajstić information content (AvgIpc) is 3.48. The minimum absolute atomic E-state index is 0.0107. The number of alkyl halides is 6. The van der Waals surface area contributed by atoms with Gasteiger partial charge in [-0.3, -0.25) is 0 Å². The lowest BCUT2D eigenvalue weighted by Gasteiger charge is -2.29. The third-order valence-electron chi connectivity index (χ3n) is 11.5. The number of anilines is 9. The molecule has 0 radical (unpaired) electrons. The standard InChI is InChI=1S/C26H30F3N5O4S.C15H15ClF3N3O2S.C11H16N2O2/c1-17(2)33-39(35,36)24-7-5-4-6-21(24)31-22-15-25(30-16-19(22)26(27,28)29)32-20-9-8-18(14-23(20)37-3)34-10-12-38-13-11-34;1-9(2)22-25(23,24)13-6-4-3-5-11(13)21-12-7-14(16)20-8-10(12)15(17,18)19;1-14-11-8-9(2-3-10(11)12)13-4-6-15-7-5-13/h4-9,14-17,33H,10-13H2,1-3H3,(H2,30,31,32);3-9,22H,1-2H3,(H,20,21);2-3,8H,4-7,12H2,1H3. The molecule has 2 fully saturated rings. The number of morpholine rings is 2. The van der Waals surface area contributed by atoms with Crippen LogP contribution in [0.25, 0.3) is 0 Å². The number of sulfonamides is 2. The quantitative estimate of drug-likeness (QED) is 0.0301. The van der Waals surface area contributed by atoms with Gasteiger partial charge in [-0.25, -0.2) is 36.2 Å². The minimum atomic E-state index is -4.74. The summed E-state index contributed by atoms with van der Waals surface area (Å²) < 4.78 is 158. The highest BCUT2D eigenvalue weighted by Crippen LogP contribution is 2.41. The topological polar surface area (TPSA) is 224 Å². The number of ether oxygens (including phenoxy) is 4. The maximum atomic E-state index is 13.9. The first-order chi connectivity index (χ1) is 37.3. The summed E-state index contributed by atoms with van der Waals surface area (Å²) in [4.78, 5) is 11.4. The van der Waals surface area contributed by atoms with Crippen LogP contribution in [0, 0.1) is 0 Å². The summed E-state index contributed by atoms with van der Waals surface area (Å²) in [6, 6.07) is 24.1. The Labute approximate surface area is 460 Å². The number of hydrogen-bond acceptors (Lipinski definition) is 16. The van der Waals surface area contributed by atoms with Crippen LogP contribution in [0.1, 0.15) is 38.8 Å². The van der Waals surface area contributed by atoms with Crippen molar-refractivity contribution in [2.24, 2.45) is 0 Å². The summed E-state index contributed by atoms with van der Waals surface area (Å²) >= 11 is 5.68. The number of nitrogens with one attached hydrogen (secondary N) is 5. The summed E-state index contributed by atoms with van der Waals surface area (Å²) in [6.07, 6.45) is -8.13. The van der Waals surface area contributed by atoms with Crippen molar-refractivity contribution >= 4 is 83.0 Å². The molecule has 4 aromatic carbocycles. The van der Waals surface area contributed by atoms with Gasteiger partial charge in [-0.1, -0.05) is 35.9 Å². The number of nitrogen functional groups attached to an aromatic ring is 1. The van der Waals surface area contributed by atoms with Gasteiger partial charge in [0.05, 0.1) is 85.9 Å². The Hall–Kier alpha value is -6.81. The Morgan fingerprint density at radius 2 is 1.00 bits per heavy atom. The van der Waals surface area contributed by atoms with E-state index in [4.69, 9.17) is 36.3 Å². The van der Waals surface area contributed by atoms with Gasteiger partial charge in [0.15, 0.2) is 0 Å². The molecule has 428 valence electrons. The summed E-state index contributed by atoms with van der Waals surface area (Å²) in [7, 11) is -4.77. The summed E-state index contributed by atoms with van der Waals surface area (Å²) in [5.41, 5.74) is 6.12. The van der Waals surface area contributed by atoms with Crippen molar-refractivity contribution in [1.82, 2.24) is 19.4 Å². The van der Waals surface area contributed by atoms with E-state index in [-0.39, 0.29) is 49.6 Å². The van der Waals surface area contributed by atoms with Crippen molar-refractivity contribution in [3.8, 4) is 11.5 Å². The second-order valence-electron chi connectivity index (χ2n) is 18.1. The Morgan fingerprint density at radius 1 is 0.570 bits per heavy atom. The molecule has 0 amide bonds. The molecule has 8 rings (SSSR count). The first-order valence-electron chi connectivity index (χ1n) is 24.4. The van der Waals surface area contributed by atoms with Crippen molar-refractivity contribution in [3.63, 3.8) is 0 Å². The zero-order chi connectivity index (χ0) is 57.7. The highest BCUT2D eigenvalue weighted by atomic mass is 35.5. The van der Waals surface area contributed by atoms with E-state index in [1.165, 1.54) is 61.7 Å². The summed E-state index contributed by atoms with van der Waals surface area (Å²) in [5, 5.41) is 8.03. The largest absolute Gasteiger partial charge is 0.495 e. The molecule has 0 unspecified atom stereocenters. The fourth-order valence-electron chi connectivity index (χ4n) is 7.92. The Bertz CT molecular complexity index is 3240. The van der Waals surface area contributed by atoms with Gasteiger partial charge in [0.25, 0.3) is 0 Å². The number of nitrogens with two attached hydrogens (primary N) is 1. The van der Waals surface area contributed by atoms with E-state index in [0.717, 1.165) is 62.6 Å². The zero-order valence-corrected chi connectivity index (χ0v) is 46.2. The molecule has 0 saturated carbocycles. The Balaban J connectivity index is 0.000000214. The fourth-order valence-corrected chi connectivity index (χ4v) is 10.9. The first kappa shape index (κ1) is 61.4. The number of rotatable bonds is 16. The van der Waals surface area contributed by atoms with Gasteiger partial charge in [0.1, 0.15) is 32.3 Å². The molecule has 79 heavy (non-hydrogen) atoms. The maximum absolute atomic E-state index is 13.9. The third-order valence-corrected chi connectivity index (χ3v) is 15.1. The minimum Gasteiger partial charge on any atom is -0.495 e. The number of nitrogens with zero attached hydrogens (tertiary/aromatic N) is 4. The molecule has 0 spiro atoms. The predicted molar refractivity (Wildman–Crippen MR) is 294 cm³/mol. The molecule has 0 bridgehead atoms. The van der Waals surface area contributed by atoms with E-state index in [1.54, 1.807) is 40.9 Å². The molecule has 18 nitrogen and oxygen atoms in total. The second-order valence-corrected chi connectivity index (χ2v) is 21.8. The molecular weight excluding hydrogens is 1110 g/mol. The molecular formula is C52H61ClF6N10O8S2. The smallest absolute Gasteiger partial charge is 0.419 e. The molecule has 27 heteroatoms. The van der Waals surface area contributed by atoms with E-state index in [9.17, 15) is 43.2 Å². The lowest BCUT2D eigenvalue weighted by molar-refractivity contribution is -0.138. The van der Waals surface area contributed by atoms with Crippen LogP contribution in [0.15, 0.2) is 119 Å². The monoisotopic (exact) mass is 1170 g/mol. The van der Waals surface area contributed by atoms with Crippen LogP contribution in [0.4, 0.5) is 77.7 Å². The van der Waals surface area contributed by atoms with Crippen molar-refractivity contribution in [2.45, 2.75) is 61.9 Å². The zero-order valence-electron chi connectivity index (χ0n) is 43.8. The van der Waals surface area contributed by atoms with Gasteiger partial charge in [-0.2, -0.15) is 26.3 Å². The second kappa shape index (κ2) is 26.9. The molecule has 2 aliphatic heterocycles. The van der Waals surface area contributed by atoms with Crippen molar-refractivity contribution in [1.29, 1.82) is 0 Å². The van der Waals surface area contributed by atoms with Crippen LogP contribution in [-0.2, 0) is 41.9 Å². The van der Waals surface area contributed by atoms with Crippen LogP contribution in [0.3, 0.4) is 0 Å². The van der Waals surface area contributed by atoms with Gasteiger partial charge < -0.3 is 50.4 Å². The number of para-hydroxylation sites is 2. The number of hydrogen-bond donors (Lipinski definition) is 6. The van der Waals surface area contributed by atoms with E-state index < -0.39 is 49.6 Å². The normalized spacial score (nSPS) is 14.2. The number of benzene rings is 4. The molecule has 0 aliphatic carbocycles. The van der Waals surface area contributed by atoms with E-state index in [1.807, 2.05) is 30.3 Å². The Morgan fingerprint density at radius 3 is 1.46 bits per heavy atom. The van der Waals surface area contributed by atoms with Gasteiger partial charge in [-0.15, -0.1) is 0 Å². The number of halogens is 7. The van der Waals surface area contributed by atoms with Gasteiger partial charge in [0.2, 0.25) is 20.0 Å². The third kappa shape index (κ3) is 17.1.